The van der Waals surface area contributed by atoms with E-state index < -0.39 is 0 Å². The zero-order valence-corrected chi connectivity index (χ0v) is 6.16. The maximum atomic E-state index is 5.61. The second kappa shape index (κ2) is 2.70. The monoisotopic (exact) mass is 141 g/mol. The Kier molecular flexibility index (Phi) is 1.91. The number of anilines is 1. The van der Waals surface area contributed by atoms with Crippen molar-refractivity contribution in [1.29, 1.82) is 0 Å². The summed E-state index contributed by atoms with van der Waals surface area (Å²) in [5, 5.41) is 3.95. The molecule has 0 bridgehead atoms. The molecule has 0 atom stereocenters. The molecule has 2 N–H and O–H groups in total. The summed E-state index contributed by atoms with van der Waals surface area (Å²) in [7, 11) is 3.43. The fourth-order valence-corrected chi connectivity index (χ4v) is 0.759. The SMILES string of the molecule is COCc1cnn(C)c1N. The quantitative estimate of drug-likeness (QED) is 0.637. The van der Waals surface area contributed by atoms with E-state index in [1.54, 1.807) is 25.0 Å². The van der Waals surface area contributed by atoms with Gasteiger partial charge in [-0.05, 0) is 0 Å². The van der Waals surface area contributed by atoms with Crippen LogP contribution in [0.2, 0.25) is 0 Å². The van der Waals surface area contributed by atoms with Crippen LogP contribution in [0.3, 0.4) is 0 Å². The van der Waals surface area contributed by atoms with Crippen molar-refractivity contribution in [2.75, 3.05) is 12.8 Å². The average molecular weight is 141 g/mol. The number of hydrogen-bond acceptors (Lipinski definition) is 3. The second-order valence-electron chi connectivity index (χ2n) is 2.11. The largest absolute Gasteiger partial charge is 0.384 e. The highest BCUT2D eigenvalue weighted by molar-refractivity contribution is 5.37. The van der Waals surface area contributed by atoms with Gasteiger partial charge in [-0.3, -0.25) is 4.68 Å². The maximum absolute atomic E-state index is 5.61. The number of aromatic nitrogens is 2. The third-order valence-corrected chi connectivity index (χ3v) is 1.36. The van der Waals surface area contributed by atoms with Crippen LogP contribution >= 0.6 is 0 Å². The van der Waals surface area contributed by atoms with Crippen LogP contribution in [0.5, 0.6) is 0 Å². The summed E-state index contributed by atoms with van der Waals surface area (Å²) in [6.07, 6.45) is 1.71. The number of nitrogens with zero attached hydrogens (tertiary/aromatic N) is 2. The van der Waals surface area contributed by atoms with Crippen molar-refractivity contribution in [3.8, 4) is 0 Å². The lowest BCUT2D eigenvalue weighted by Gasteiger charge is -1.96. The number of nitrogens with two attached hydrogens (primary N) is 1. The van der Waals surface area contributed by atoms with Gasteiger partial charge in [0, 0.05) is 19.7 Å². The minimum Gasteiger partial charge on any atom is -0.384 e. The van der Waals surface area contributed by atoms with Crippen LogP contribution in [-0.2, 0) is 18.4 Å². The van der Waals surface area contributed by atoms with Gasteiger partial charge in [-0.2, -0.15) is 5.10 Å². The van der Waals surface area contributed by atoms with Gasteiger partial charge >= 0.3 is 0 Å². The normalized spacial score (nSPS) is 10.2. The number of nitrogen functional groups attached to an aromatic ring is 1. The van der Waals surface area contributed by atoms with Crippen LogP contribution < -0.4 is 5.73 Å². The third kappa shape index (κ3) is 1.11. The Bertz CT molecular complexity index is 219. The molecule has 1 aromatic heterocycles. The van der Waals surface area contributed by atoms with Gasteiger partial charge in [0.05, 0.1) is 12.8 Å². The number of methoxy groups -OCH3 is 1. The Hall–Kier alpha value is -1.03. The standard InChI is InChI=1S/C6H11N3O/c1-9-6(7)5(3-8-9)4-10-2/h3H,4,7H2,1-2H3. The summed E-state index contributed by atoms with van der Waals surface area (Å²) in [4.78, 5) is 0. The Morgan fingerprint density at radius 3 is 2.90 bits per heavy atom. The van der Waals surface area contributed by atoms with E-state index in [0.717, 1.165) is 5.56 Å². The van der Waals surface area contributed by atoms with E-state index in [0.29, 0.717) is 12.4 Å². The van der Waals surface area contributed by atoms with Gasteiger partial charge < -0.3 is 10.5 Å². The van der Waals surface area contributed by atoms with Gasteiger partial charge in [-0.15, -0.1) is 0 Å². The Morgan fingerprint density at radius 2 is 2.50 bits per heavy atom. The molecule has 4 heteroatoms. The van der Waals surface area contributed by atoms with E-state index in [2.05, 4.69) is 5.10 Å². The van der Waals surface area contributed by atoms with Gasteiger partial charge in [0.2, 0.25) is 0 Å². The highest BCUT2D eigenvalue weighted by atomic mass is 16.5. The molecule has 0 saturated carbocycles. The van der Waals surface area contributed by atoms with Crippen molar-refractivity contribution < 1.29 is 4.74 Å². The molecular weight excluding hydrogens is 130 g/mol. The van der Waals surface area contributed by atoms with Gasteiger partial charge in [-0.25, -0.2) is 0 Å². The highest BCUT2D eigenvalue weighted by Crippen LogP contribution is 2.09. The van der Waals surface area contributed by atoms with Gasteiger partial charge in [-0.1, -0.05) is 0 Å². The number of rotatable bonds is 2. The first kappa shape index (κ1) is 7.08. The zero-order valence-electron chi connectivity index (χ0n) is 6.16. The first-order chi connectivity index (χ1) is 4.75. The van der Waals surface area contributed by atoms with E-state index in [9.17, 15) is 0 Å². The summed E-state index contributed by atoms with van der Waals surface area (Å²) in [6, 6.07) is 0. The summed E-state index contributed by atoms with van der Waals surface area (Å²) in [5.41, 5.74) is 6.54. The molecule has 0 aliphatic carbocycles. The molecule has 10 heavy (non-hydrogen) atoms. The molecule has 0 aliphatic rings. The lowest BCUT2D eigenvalue weighted by atomic mass is 10.3. The zero-order chi connectivity index (χ0) is 7.56. The molecular formula is C6H11N3O. The van der Waals surface area contributed by atoms with E-state index in [4.69, 9.17) is 10.5 Å². The lowest BCUT2D eigenvalue weighted by Crippen LogP contribution is -1.99. The molecule has 0 fully saturated rings. The molecule has 0 spiro atoms. The Balaban J connectivity index is 2.83. The Labute approximate surface area is 59.6 Å². The molecule has 1 aromatic rings. The second-order valence-corrected chi connectivity index (χ2v) is 2.11. The summed E-state index contributed by atoms with van der Waals surface area (Å²) >= 11 is 0. The molecule has 0 aliphatic heterocycles. The van der Waals surface area contributed by atoms with E-state index in [1.807, 2.05) is 0 Å². The lowest BCUT2D eigenvalue weighted by molar-refractivity contribution is 0.185. The van der Waals surface area contributed by atoms with Crippen molar-refractivity contribution in [3.05, 3.63) is 11.8 Å². The average Bonchev–Trinajstić information content (AvgIpc) is 2.20. The smallest absolute Gasteiger partial charge is 0.126 e. The fourth-order valence-electron chi connectivity index (χ4n) is 0.759. The number of hydrogen-bond donors (Lipinski definition) is 1. The molecule has 1 heterocycles. The van der Waals surface area contributed by atoms with Crippen molar-refractivity contribution in [2.24, 2.45) is 7.05 Å². The van der Waals surface area contributed by atoms with Crippen molar-refractivity contribution >= 4 is 5.82 Å². The predicted octanol–water partition coefficient (Wildman–Crippen LogP) is 0.149. The minimum absolute atomic E-state index is 0.527. The van der Waals surface area contributed by atoms with Crippen LogP contribution in [0.4, 0.5) is 5.82 Å². The predicted molar refractivity (Wildman–Crippen MR) is 38.3 cm³/mol. The fraction of sp³-hybridized carbons (Fsp3) is 0.500. The van der Waals surface area contributed by atoms with Crippen molar-refractivity contribution in [2.45, 2.75) is 6.61 Å². The molecule has 56 valence electrons. The topological polar surface area (TPSA) is 53.1 Å². The van der Waals surface area contributed by atoms with E-state index >= 15 is 0 Å². The van der Waals surface area contributed by atoms with Crippen LogP contribution in [0.25, 0.3) is 0 Å². The molecule has 0 aromatic carbocycles. The van der Waals surface area contributed by atoms with Crippen LogP contribution in [0.1, 0.15) is 5.56 Å². The minimum atomic E-state index is 0.527. The molecule has 4 nitrogen and oxygen atoms in total. The van der Waals surface area contributed by atoms with Crippen molar-refractivity contribution in [3.63, 3.8) is 0 Å². The van der Waals surface area contributed by atoms with Gasteiger partial charge in [0.15, 0.2) is 0 Å². The molecule has 1 rings (SSSR count). The first-order valence-electron chi connectivity index (χ1n) is 3.01. The number of ether oxygens (including phenoxy) is 1. The third-order valence-electron chi connectivity index (χ3n) is 1.36. The van der Waals surface area contributed by atoms with Crippen LogP contribution in [0.15, 0.2) is 6.20 Å². The maximum Gasteiger partial charge on any atom is 0.126 e. The molecule has 0 radical (unpaired) electrons. The van der Waals surface area contributed by atoms with Crippen LogP contribution in [-0.4, -0.2) is 16.9 Å². The molecule has 0 unspecified atom stereocenters. The molecule has 0 saturated heterocycles. The van der Waals surface area contributed by atoms with E-state index in [1.165, 1.54) is 0 Å². The van der Waals surface area contributed by atoms with E-state index in [-0.39, 0.29) is 0 Å². The highest BCUT2D eigenvalue weighted by Gasteiger charge is 2.01. The first-order valence-corrected chi connectivity index (χ1v) is 3.01. The summed E-state index contributed by atoms with van der Waals surface area (Å²) in [6.45, 7) is 0.527. The Morgan fingerprint density at radius 1 is 1.80 bits per heavy atom. The molecule has 0 amide bonds. The summed E-state index contributed by atoms with van der Waals surface area (Å²) < 4.78 is 6.51. The van der Waals surface area contributed by atoms with Gasteiger partial charge in [0.25, 0.3) is 0 Å². The van der Waals surface area contributed by atoms with Crippen LogP contribution in [0, 0.1) is 0 Å². The summed E-state index contributed by atoms with van der Waals surface area (Å²) in [5.74, 6) is 0.668. The number of aryl methyl sites for hydroxylation is 1. The van der Waals surface area contributed by atoms with Gasteiger partial charge in [0.1, 0.15) is 5.82 Å². The van der Waals surface area contributed by atoms with Crippen molar-refractivity contribution in [1.82, 2.24) is 9.78 Å².